The van der Waals surface area contributed by atoms with Crippen molar-refractivity contribution in [2.75, 3.05) is 26.1 Å². The third-order valence-corrected chi connectivity index (χ3v) is 11.5. The van der Waals surface area contributed by atoms with Crippen LogP contribution in [0.25, 0.3) is 0 Å². The second-order valence-electron chi connectivity index (χ2n) is 13.2. The summed E-state index contributed by atoms with van der Waals surface area (Å²) in [6.45, 7) is 1.99. The van der Waals surface area contributed by atoms with E-state index in [2.05, 4.69) is 10.6 Å². The van der Waals surface area contributed by atoms with E-state index >= 15 is 0 Å². The predicted octanol–water partition coefficient (Wildman–Crippen LogP) is 5.22. The van der Waals surface area contributed by atoms with Crippen molar-refractivity contribution in [3.05, 3.63) is 144 Å². The maximum absolute atomic E-state index is 13.3. The molecule has 57 heavy (non-hydrogen) atoms. The number of amides is 2. The molecule has 7 unspecified atom stereocenters. The minimum absolute atomic E-state index is 0.0827. The number of aliphatic hydroxyl groups is 1. The SMILES string of the molecule is COC(=O)C(CO)NC(=O)C(CSSC1OC(COCc2ccccc2)C(OCc2ccccc2)C(OCc2ccccc2)C1OCc1ccccc1)NC(C)=O. The van der Waals surface area contributed by atoms with Gasteiger partial charge in [0.25, 0.3) is 0 Å². The zero-order valence-corrected chi connectivity index (χ0v) is 33.6. The molecule has 5 rings (SSSR count). The van der Waals surface area contributed by atoms with Crippen molar-refractivity contribution in [2.45, 2.75) is 75.3 Å². The monoisotopic (exact) mass is 818 g/mol. The number of hydrogen-bond donors (Lipinski definition) is 3. The van der Waals surface area contributed by atoms with Crippen LogP contribution in [-0.4, -0.2) is 90.9 Å². The van der Waals surface area contributed by atoms with Crippen molar-refractivity contribution in [1.82, 2.24) is 10.6 Å². The van der Waals surface area contributed by atoms with Crippen LogP contribution in [0.15, 0.2) is 121 Å². The lowest BCUT2D eigenvalue weighted by molar-refractivity contribution is -0.254. The van der Waals surface area contributed by atoms with Crippen LogP contribution in [0.1, 0.15) is 29.2 Å². The highest BCUT2D eigenvalue weighted by Crippen LogP contribution is 2.40. The summed E-state index contributed by atoms with van der Waals surface area (Å²) in [6.07, 6.45) is -2.55. The number of methoxy groups -OCH3 is 1. The summed E-state index contributed by atoms with van der Waals surface area (Å²) in [5.41, 5.74) is 3.26. The number of benzene rings is 4. The quantitative estimate of drug-likeness (QED) is 0.0705. The minimum atomic E-state index is -1.29. The van der Waals surface area contributed by atoms with Gasteiger partial charge in [0, 0.05) is 12.7 Å². The Morgan fingerprint density at radius 3 is 1.61 bits per heavy atom. The zero-order chi connectivity index (χ0) is 40.2. The standard InChI is InChI=1S/C43H50N2O10S2/c1-30(47)44-36(41(48)45-35(23-46)42(49)50-2)29-56-57-43-40(54-27-34-21-13-6-14-22-34)39(53-26-33-19-11-5-12-20-33)38(52-25-32-17-9-4-10-18-32)37(55-43)28-51-24-31-15-7-3-8-16-31/h3-22,35-40,43,46H,23-29H2,1-2H3,(H,44,47)(H,45,48). The first-order chi connectivity index (χ1) is 27.8. The van der Waals surface area contributed by atoms with Gasteiger partial charge in [-0.2, -0.15) is 0 Å². The molecule has 304 valence electrons. The molecule has 7 atom stereocenters. The Balaban J connectivity index is 1.43. The summed E-state index contributed by atoms with van der Waals surface area (Å²) < 4.78 is 38.1. The first-order valence-corrected chi connectivity index (χ1v) is 21.0. The van der Waals surface area contributed by atoms with E-state index in [9.17, 15) is 19.5 Å². The van der Waals surface area contributed by atoms with E-state index in [1.54, 1.807) is 0 Å². The molecule has 12 nitrogen and oxygen atoms in total. The minimum Gasteiger partial charge on any atom is -0.467 e. The van der Waals surface area contributed by atoms with Crippen LogP contribution in [0.3, 0.4) is 0 Å². The Morgan fingerprint density at radius 2 is 1.14 bits per heavy atom. The van der Waals surface area contributed by atoms with E-state index < -0.39 is 66.3 Å². The molecule has 0 aromatic heterocycles. The second kappa shape index (κ2) is 23.9. The van der Waals surface area contributed by atoms with Gasteiger partial charge in [-0.3, -0.25) is 9.59 Å². The molecule has 3 N–H and O–H groups in total. The summed E-state index contributed by atoms with van der Waals surface area (Å²) >= 11 is 0. The van der Waals surface area contributed by atoms with Crippen LogP contribution in [-0.2, 0) is 69.2 Å². The fourth-order valence-electron chi connectivity index (χ4n) is 6.02. The van der Waals surface area contributed by atoms with Gasteiger partial charge in [-0.25, -0.2) is 4.79 Å². The van der Waals surface area contributed by atoms with Gasteiger partial charge in [0.15, 0.2) is 6.04 Å². The average Bonchev–Trinajstić information content (AvgIpc) is 3.24. The van der Waals surface area contributed by atoms with Crippen molar-refractivity contribution in [3.8, 4) is 0 Å². The van der Waals surface area contributed by atoms with E-state index in [0.29, 0.717) is 13.2 Å². The summed E-state index contributed by atoms with van der Waals surface area (Å²) in [6, 6.07) is 37.1. The lowest BCUT2D eigenvalue weighted by Gasteiger charge is -2.46. The smallest absolute Gasteiger partial charge is 0.330 e. The van der Waals surface area contributed by atoms with Crippen molar-refractivity contribution >= 4 is 39.4 Å². The molecule has 4 aromatic rings. The van der Waals surface area contributed by atoms with E-state index in [1.807, 2.05) is 121 Å². The van der Waals surface area contributed by atoms with Gasteiger partial charge in [0.05, 0.1) is 46.8 Å². The first-order valence-electron chi connectivity index (χ1n) is 18.6. The van der Waals surface area contributed by atoms with E-state index in [4.69, 9.17) is 28.4 Å². The maximum Gasteiger partial charge on any atom is 0.330 e. The number of hydrogen-bond acceptors (Lipinski definition) is 12. The highest BCUT2D eigenvalue weighted by atomic mass is 33.1. The van der Waals surface area contributed by atoms with Crippen LogP contribution in [0, 0.1) is 0 Å². The first kappa shape index (κ1) is 43.9. The summed E-state index contributed by atoms with van der Waals surface area (Å²) in [5.74, 6) is -1.83. The number of aliphatic hydroxyl groups excluding tert-OH is 1. The Kier molecular flexibility index (Phi) is 18.4. The van der Waals surface area contributed by atoms with Gasteiger partial charge in [-0.15, -0.1) is 0 Å². The molecule has 0 bridgehead atoms. The molecule has 0 spiro atoms. The predicted molar refractivity (Wildman–Crippen MR) is 219 cm³/mol. The molecule has 1 heterocycles. The molecular weight excluding hydrogens is 769 g/mol. The molecule has 2 amide bonds. The molecule has 4 aromatic carbocycles. The van der Waals surface area contributed by atoms with E-state index in [0.717, 1.165) is 29.4 Å². The topological polar surface area (TPSA) is 151 Å². The summed E-state index contributed by atoms with van der Waals surface area (Å²) in [7, 11) is 3.77. The van der Waals surface area contributed by atoms with E-state index in [-0.39, 0.29) is 25.6 Å². The average molecular weight is 819 g/mol. The normalized spacial score (nSPS) is 20.2. The third-order valence-electron chi connectivity index (χ3n) is 8.92. The van der Waals surface area contributed by atoms with Gasteiger partial charge in [0.1, 0.15) is 35.9 Å². The fourth-order valence-corrected chi connectivity index (χ4v) is 8.65. The summed E-state index contributed by atoms with van der Waals surface area (Å²) in [4.78, 5) is 37.6. The van der Waals surface area contributed by atoms with E-state index in [1.165, 1.54) is 28.5 Å². The molecule has 0 saturated carbocycles. The Labute approximate surface area is 341 Å². The molecule has 1 aliphatic heterocycles. The number of carbonyl (C=O) groups is 3. The van der Waals surface area contributed by atoms with Crippen LogP contribution < -0.4 is 10.6 Å². The summed E-state index contributed by atoms with van der Waals surface area (Å²) in [5, 5.41) is 14.8. The maximum atomic E-state index is 13.3. The lowest BCUT2D eigenvalue weighted by atomic mass is 9.98. The third kappa shape index (κ3) is 14.3. The molecule has 1 saturated heterocycles. The number of carbonyl (C=O) groups excluding carboxylic acids is 3. The molecule has 0 aliphatic carbocycles. The number of ether oxygens (including phenoxy) is 6. The molecule has 1 fully saturated rings. The van der Waals surface area contributed by atoms with Gasteiger partial charge >= 0.3 is 5.97 Å². The van der Waals surface area contributed by atoms with Gasteiger partial charge in [-0.05, 0) is 22.3 Å². The highest BCUT2D eigenvalue weighted by Gasteiger charge is 2.49. The molecule has 0 radical (unpaired) electrons. The van der Waals surface area contributed by atoms with Crippen molar-refractivity contribution in [3.63, 3.8) is 0 Å². The second-order valence-corrected chi connectivity index (χ2v) is 15.7. The number of nitrogens with one attached hydrogen (secondary N) is 2. The van der Waals surface area contributed by atoms with Crippen molar-refractivity contribution in [1.29, 1.82) is 0 Å². The number of rotatable bonds is 22. The largest absolute Gasteiger partial charge is 0.467 e. The Bertz CT molecular complexity index is 1780. The van der Waals surface area contributed by atoms with Crippen LogP contribution in [0.4, 0.5) is 0 Å². The van der Waals surface area contributed by atoms with Crippen molar-refractivity contribution < 1.29 is 47.9 Å². The van der Waals surface area contributed by atoms with Crippen LogP contribution >= 0.6 is 21.6 Å². The van der Waals surface area contributed by atoms with Gasteiger partial charge in [0.2, 0.25) is 11.8 Å². The Morgan fingerprint density at radius 1 is 0.667 bits per heavy atom. The lowest BCUT2D eigenvalue weighted by Crippen LogP contribution is -2.60. The van der Waals surface area contributed by atoms with Crippen molar-refractivity contribution in [2.24, 2.45) is 0 Å². The number of esters is 1. The molecule has 1 aliphatic rings. The Hall–Kier alpha value is -4.25. The molecular formula is C43H50N2O10S2. The van der Waals surface area contributed by atoms with Gasteiger partial charge < -0.3 is 44.2 Å². The highest BCUT2D eigenvalue weighted by molar-refractivity contribution is 8.76. The molecule has 14 heteroatoms. The zero-order valence-electron chi connectivity index (χ0n) is 32.0. The van der Waals surface area contributed by atoms with Crippen LogP contribution in [0.2, 0.25) is 0 Å². The fraction of sp³-hybridized carbons (Fsp3) is 0.372. The van der Waals surface area contributed by atoms with Gasteiger partial charge in [-0.1, -0.05) is 143 Å². The van der Waals surface area contributed by atoms with Crippen LogP contribution in [0.5, 0.6) is 0 Å².